The summed E-state index contributed by atoms with van der Waals surface area (Å²) in [5.74, 6) is -0.983. The maximum Gasteiger partial charge on any atom is 0.494 e. The van der Waals surface area contributed by atoms with Crippen molar-refractivity contribution in [3.63, 3.8) is 0 Å². The van der Waals surface area contributed by atoms with Gasteiger partial charge in [0, 0.05) is 0 Å². The Balaban J connectivity index is 0.000000606. The SMILES string of the molecule is CC.O=C(O)C1COB(c2ccccc2)O1. The Morgan fingerprint density at radius 1 is 1.38 bits per heavy atom. The molecule has 0 bridgehead atoms. The molecule has 5 heteroatoms. The standard InChI is InChI=1S/C9H9BO4.C2H6/c11-9(12)8-6-13-10(14-8)7-4-2-1-3-5-7;1-2/h1-5,8H,6H2,(H,11,12);1-2H3. The zero-order valence-corrected chi connectivity index (χ0v) is 9.42. The van der Waals surface area contributed by atoms with Gasteiger partial charge in [0.05, 0.1) is 6.61 Å². The third-order valence-electron chi connectivity index (χ3n) is 2.03. The highest BCUT2D eigenvalue weighted by atomic mass is 16.7. The van der Waals surface area contributed by atoms with Gasteiger partial charge in [-0.25, -0.2) is 4.79 Å². The average molecular weight is 222 g/mol. The topological polar surface area (TPSA) is 55.8 Å². The first-order chi connectivity index (χ1) is 7.77. The number of carbonyl (C=O) groups is 1. The molecule has 1 aliphatic heterocycles. The van der Waals surface area contributed by atoms with E-state index in [1.165, 1.54) is 0 Å². The van der Waals surface area contributed by atoms with Crippen LogP contribution in [0.2, 0.25) is 0 Å². The molecule has 86 valence electrons. The van der Waals surface area contributed by atoms with Crippen LogP contribution in [0, 0.1) is 0 Å². The zero-order chi connectivity index (χ0) is 12.0. The quantitative estimate of drug-likeness (QED) is 0.755. The van der Waals surface area contributed by atoms with Crippen LogP contribution in [0.4, 0.5) is 0 Å². The average Bonchev–Trinajstić information content (AvgIpc) is 2.82. The van der Waals surface area contributed by atoms with E-state index in [1.807, 2.05) is 44.2 Å². The van der Waals surface area contributed by atoms with Crippen LogP contribution < -0.4 is 5.46 Å². The van der Waals surface area contributed by atoms with Gasteiger partial charge in [-0.1, -0.05) is 44.2 Å². The molecule has 1 saturated heterocycles. The minimum atomic E-state index is -0.983. The van der Waals surface area contributed by atoms with Crippen LogP contribution in [0.5, 0.6) is 0 Å². The second-order valence-corrected chi connectivity index (χ2v) is 3.04. The van der Waals surface area contributed by atoms with Crippen molar-refractivity contribution in [3.05, 3.63) is 30.3 Å². The van der Waals surface area contributed by atoms with Gasteiger partial charge in [0.2, 0.25) is 0 Å². The van der Waals surface area contributed by atoms with Crippen LogP contribution >= 0.6 is 0 Å². The molecule has 0 aliphatic carbocycles. The molecule has 0 radical (unpaired) electrons. The van der Waals surface area contributed by atoms with E-state index in [2.05, 4.69) is 0 Å². The van der Waals surface area contributed by atoms with Gasteiger partial charge in [-0.05, 0) is 5.46 Å². The van der Waals surface area contributed by atoms with Gasteiger partial charge < -0.3 is 14.4 Å². The van der Waals surface area contributed by atoms with Gasteiger partial charge >= 0.3 is 13.1 Å². The smallest absolute Gasteiger partial charge is 0.479 e. The first kappa shape index (κ1) is 12.7. The minimum Gasteiger partial charge on any atom is -0.479 e. The van der Waals surface area contributed by atoms with E-state index in [-0.39, 0.29) is 6.61 Å². The predicted molar refractivity (Wildman–Crippen MR) is 61.6 cm³/mol. The van der Waals surface area contributed by atoms with Crippen LogP contribution in [0.15, 0.2) is 30.3 Å². The molecule has 1 N–H and O–H groups in total. The Bertz CT molecular complexity index is 328. The number of rotatable bonds is 2. The number of benzene rings is 1. The van der Waals surface area contributed by atoms with Gasteiger partial charge in [-0.2, -0.15) is 0 Å². The molecule has 1 aromatic carbocycles. The molecule has 0 spiro atoms. The van der Waals surface area contributed by atoms with Crippen molar-refractivity contribution in [2.24, 2.45) is 0 Å². The van der Waals surface area contributed by atoms with Crippen molar-refractivity contribution in [2.75, 3.05) is 6.61 Å². The fraction of sp³-hybridized carbons (Fsp3) is 0.364. The Kier molecular flexibility index (Phi) is 5.02. The normalized spacial score (nSPS) is 18.9. The number of carboxylic acids is 1. The van der Waals surface area contributed by atoms with Crippen LogP contribution in [0.1, 0.15) is 13.8 Å². The summed E-state index contributed by atoms with van der Waals surface area (Å²) in [6.45, 7) is 4.11. The summed E-state index contributed by atoms with van der Waals surface area (Å²) in [5.41, 5.74) is 0.844. The molecule has 1 atom stereocenters. The fourth-order valence-electron chi connectivity index (χ4n) is 1.32. The summed E-state index contributed by atoms with van der Waals surface area (Å²) in [6.07, 6.45) is -0.847. The first-order valence-electron chi connectivity index (χ1n) is 5.32. The molecule has 1 unspecified atom stereocenters. The molecular weight excluding hydrogens is 207 g/mol. The molecular formula is C11H15BO4. The summed E-state index contributed by atoms with van der Waals surface area (Å²) < 4.78 is 10.4. The summed E-state index contributed by atoms with van der Waals surface area (Å²) in [7, 11) is -0.544. The lowest BCUT2D eigenvalue weighted by Gasteiger charge is -2.04. The summed E-state index contributed by atoms with van der Waals surface area (Å²) >= 11 is 0. The van der Waals surface area contributed by atoms with Crippen LogP contribution in [-0.4, -0.2) is 30.9 Å². The lowest BCUT2D eigenvalue weighted by atomic mass is 9.79. The largest absolute Gasteiger partial charge is 0.494 e. The van der Waals surface area contributed by atoms with Crippen molar-refractivity contribution in [1.82, 2.24) is 0 Å². The second-order valence-electron chi connectivity index (χ2n) is 3.04. The minimum absolute atomic E-state index is 0.106. The van der Waals surface area contributed by atoms with Crippen LogP contribution in [0.25, 0.3) is 0 Å². The van der Waals surface area contributed by atoms with Crippen molar-refractivity contribution < 1.29 is 19.2 Å². The lowest BCUT2D eigenvalue weighted by molar-refractivity contribution is -0.144. The van der Waals surface area contributed by atoms with Gasteiger partial charge in [0.1, 0.15) is 0 Å². The van der Waals surface area contributed by atoms with Crippen molar-refractivity contribution in [3.8, 4) is 0 Å². The molecule has 2 rings (SSSR count). The number of hydrogen-bond donors (Lipinski definition) is 1. The summed E-state index contributed by atoms with van der Waals surface area (Å²) in [4.78, 5) is 10.6. The van der Waals surface area contributed by atoms with Crippen molar-refractivity contribution in [1.29, 1.82) is 0 Å². The van der Waals surface area contributed by atoms with Crippen molar-refractivity contribution in [2.45, 2.75) is 20.0 Å². The van der Waals surface area contributed by atoms with Gasteiger partial charge in [-0.15, -0.1) is 0 Å². The molecule has 1 heterocycles. The van der Waals surface area contributed by atoms with Gasteiger partial charge in [0.15, 0.2) is 6.10 Å². The molecule has 16 heavy (non-hydrogen) atoms. The third-order valence-corrected chi connectivity index (χ3v) is 2.03. The lowest BCUT2D eigenvalue weighted by Crippen LogP contribution is -2.33. The number of carboxylic acid groups (broad SMARTS) is 1. The van der Waals surface area contributed by atoms with E-state index in [1.54, 1.807) is 0 Å². The molecule has 1 aliphatic rings. The summed E-state index contributed by atoms with van der Waals surface area (Å²) in [6, 6.07) is 9.28. The first-order valence-corrected chi connectivity index (χ1v) is 5.32. The predicted octanol–water partition coefficient (Wildman–Crippen LogP) is 0.908. The molecule has 1 fully saturated rings. The third kappa shape index (κ3) is 3.08. The van der Waals surface area contributed by atoms with E-state index < -0.39 is 19.2 Å². The van der Waals surface area contributed by atoms with E-state index in [9.17, 15) is 4.79 Å². The van der Waals surface area contributed by atoms with E-state index in [0.29, 0.717) is 0 Å². The summed E-state index contributed by atoms with van der Waals surface area (Å²) in [5, 5.41) is 8.67. The number of hydrogen-bond acceptors (Lipinski definition) is 3. The second kappa shape index (κ2) is 6.30. The maximum absolute atomic E-state index is 10.6. The highest BCUT2D eigenvalue weighted by Gasteiger charge is 2.36. The molecule has 0 aromatic heterocycles. The highest BCUT2D eigenvalue weighted by Crippen LogP contribution is 2.08. The van der Waals surface area contributed by atoms with Crippen LogP contribution in [0.3, 0.4) is 0 Å². The maximum atomic E-state index is 10.6. The monoisotopic (exact) mass is 222 g/mol. The Hall–Kier alpha value is -1.33. The number of aliphatic carboxylic acids is 1. The zero-order valence-electron chi connectivity index (χ0n) is 9.42. The molecule has 0 amide bonds. The van der Waals surface area contributed by atoms with E-state index >= 15 is 0 Å². The highest BCUT2D eigenvalue weighted by molar-refractivity contribution is 6.62. The van der Waals surface area contributed by atoms with Crippen LogP contribution in [-0.2, 0) is 14.1 Å². The van der Waals surface area contributed by atoms with E-state index in [0.717, 1.165) is 5.46 Å². The van der Waals surface area contributed by atoms with E-state index in [4.69, 9.17) is 14.4 Å². The fourth-order valence-corrected chi connectivity index (χ4v) is 1.32. The van der Waals surface area contributed by atoms with Crippen molar-refractivity contribution >= 4 is 18.6 Å². The van der Waals surface area contributed by atoms with Gasteiger partial charge in [0.25, 0.3) is 0 Å². The van der Waals surface area contributed by atoms with Gasteiger partial charge in [-0.3, -0.25) is 0 Å². The molecule has 1 aromatic rings. The molecule has 0 saturated carbocycles. The Labute approximate surface area is 95.3 Å². The Morgan fingerprint density at radius 3 is 2.50 bits per heavy atom. The Morgan fingerprint density at radius 2 is 2.00 bits per heavy atom. The molecule has 4 nitrogen and oxygen atoms in total.